The van der Waals surface area contributed by atoms with Crippen LogP contribution in [0.2, 0.25) is 0 Å². The van der Waals surface area contributed by atoms with E-state index in [1.165, 1.54) is 17.3 Å². The Morgan fingerprint density at radius 1 is 1.27 bits per heavy atom. The first-order valence-corrected chi connectivity index (χ1v) is 9.75. The molecule has 0 aromatic carbocycles. The van der Waals surface area contributed by atoms with Crippen molar-refractivity contribution in [3.63, 3.8) is 0 Å². The average molecular weight is 350 g/mol. The Balaban J connectivity index is 1.69. The number of nitrogens with zero attached hydrogens (tertiary/aromatic N) is 2. The summed E-state index contributed by atoms with van der Waals surface area (Å²) in [5.74, 6) is 0.707. The predicted molar refractivity (Wildman–Crippen MR) is 93.8 cm³/mol. The van der Waals surface area contributed by atoms with Crippen LogP contribution in [-0.4, -0.2) is 15.0 Å². The molecule has 114 valence electrons. The van der Waals surface area contributed by atoms with E-state index in [-0.39, 0.29) is 5.56 Å². The lowest BCUT2D eigenvalue weighted by Crippen LogP contribution is -2.09. The zero-order valence-electron chi connectivity index (χ0n) is 12.0. The molecule has 3 aromatic rings. The van der Waals surface area contributed by atoms with Crippen LogP contribution in [0.5, 0.6) is 0 Å². The van der Waals surface area contributed by atoms with Crippen molar-refractivity contribution in [1.29, 1.82) is 0 Å². The number of aromatic nitrogens is 3. The number of thiophene rings is 1. The molecule has 0 aliphatic carbocycles. The number of aryl methyl sites for hydroxylation is 1. The van der Waals surface area contributed by atoms with Crippen molar-refractivity contribution >= 4 is 34.4 Å². The molecule has 3 heterocycles. The van der Waals surface area contributed by atoms with E-state index in [4.69, 9.17) is 0 Å². The number of thiazole rings is 1. The first-order chi connectivity index (χ1) is 10.7. The molecule has 1 N–H and O–H groups in total. The number of hydrogen-bond donors (Lipinski definition) is 1. The Kier molecular flexibility index (Phi) is 5.07. The molecule has 22 heavy (non-hydrogen) atoms. The van der Waals surface area contributed by atoms with E-state index < -0.39 is 0 Å². The van der Waals surface area contributed by atoms with Crippen LogP contribution in [0.3, 0.4) is 0 Å². The van der Waals surface area contributed by atoms with Crippen molar-refractivity contribution in [3.8, 4) is 10.6 Å². The maximum Gasteiger partial charge on any atom is 0.251 e. The molecule has 0 spiro atoms. The summed E-state index contributed by atoms with van der Waals surface area (Å²) >= 11 is 4.84. The van der Waals surface area contributed by atoms with Crippen LogP contribution in [-0.2, 0) is 12.2 Å². The predicted octanol–water partition coefficient (Wildman–Crippen LogP) is 4.20. The summed E-state index contributed by atoms with van der Waals surface area (Å²) in [5, 5.41) is 7.93. The second kappa shape index (κ2) is 7.21. The van der Waals surface area contributed by atoms with Crippen molar-refractivity contribution in [3.05, 3.63) is 50.0 Å². The number of nitrogens with one attached hydrogen (secondary N) is 1. The number of H-pyrrole nitrogens is 1. The molecule has 7 heteroatoms. The molecule has 0 amide bonds. The van der Waals surface area contributed by atoms with Crippen LogP contribution in [0, 0.1) is 0 Å². The molecule has 0 unspecified atom stereocenters. The monoisotopic (exact) mass is 349 g/mol. The fourth-order valence-corrected chi connectivity index (χ4v) is 4.39. The fraction of sp³-hybridized carbons (Fsp3) is 0.267. The van der Waals surface area contributed by atoms with Crippen LogP contribution in [0.25, 0.3) is 10.6 Å². The SMILES string of the molecule is CCCc1cc(=O)[nH]c(SCc2csc(-c3ccsc3)n2)n1. The molecule has 0 atom stereocenters. The van der Waals surface area contributed by atoms with E-state index in [2.05, 4.69) is 44.1 Å². The minimum absolute atomic E-state index is 0.0850. The first-order valence-electron chi connectivity index (χ1n) is 6.94. The minimum atomic E-state index is -0.0850. The van der Waals surface area contributed by atoms with Gasteiger partial charge in [-0.05, 0) is 17.9 Å². The first kappa shape index (κ1) is 15.5. The van der Waals surface area contributed by atoms with Gasteiger partial charge < -0.3 is 4.98 Å². The largest absolute Gasteiger partial charge is 0.301 e. The standard InChI is InChI=1S/C15H15N3OS3/c1-2-3-11-6-13(19)18-15(17-11)22-9-12-8-21-14(16-12)10-4-5-20-7-10/h4-8H,2-3,9H2,1H3,(H,17,18,19). The van der Waals surface area contributed by atoms with Crippen LogP contribution < -0.4 is 5.56 Å². The molecule has 0 aliphatic rings. The van der Waals surface area contributed by atoms with E-state index in [1.54, 1.807) is 28.7 Å². The highest BCUT2D eigenvalue weighted by Gasteiger charge is 2.07. The quantitative estimate of drug-likeness (QED) is 0.535. The Labute approximate surface area is 140 Å². The molecule has 0 saturated heterocycles. The molecule has 0 aliphatic heterocycles. The average Bonchev–Trinajstić information content (AvgIpc) is 3.16. The normalized spacial score (nSPS) is 11.0. The topological polar surface area (TPSA) is 58.6 Å². The Morgan fingerprint density at radius 3 is 2.95 bits per heavy atom. The fourth-order valence-electron chi connectivity index (χ4n) is 1.97. The lowest BCUT2D eigenvalue weighted by Gasteiger charge is -2.02. The maximum atomic E-state index is 11.6. The lowest BCUT2D eigenvalue weighted by atomic mass is 10.2. The number of rotatable bonds is 6. The van der Waals surface area contributed by atoms with E-state index in [1.807, 2.05) is 0 Å². The Morgan fingerprint density at radius 2 is 2.18 bits per heavy atom. The summed E-state index contributed by atoms with van der Waals surface area (Å²) in [4.78, 5) is 23.5. The van der Waals surface area contributed by atoms with Crippen LogP contribution >= 0.6 is 34.4 Å². The highest BCUT2D eigenvalue weighted by Crippen LogP contribution is 2.28. The summed E-state index contributed by atoms with van der Waals surface area (Å²) in [6, 6.07) is 3.65. The molecule has 0 radical (unpaired) electrons. The lowest BCUT2D eigenvalue weighted by molar-refractivity contribution is 0.815. The number of hydrogen-bond acceptors (Lipinski definition) is 6. The van der Waals surface area contributed by atoms with Crippen LogP contribution in [0.1, 0.15) is 24.7 Å². The summed E-state index contributed by atoms with van der Waals surface area (Å²) in [7, 11) is 0. The van der Waals surface area contributed by atoms with Gasteiger partial charge in [0.15, 0.2) is 5.16 Å². The van der Waals surface area contributed by atoms with Crippen molar-refractivity contribution < 1.29 is 0 Å². The van der Waals surface area contributed by atoms with Gasteiger partial charge in [-0.15, -0.1) is 11.3 Å². The van der Waals surface area contributed by atoms with Gasteiger partial charge in [0.25, 0.3) is 5.56 Å². The third kappa shape index (κ3) is 3.85. The number of thioether (sulfide) groups is 1. The molecular formula is C15H15N3OS3. The Bertz CT molecular complexity index is 792. The number of aromatic amines is 1. The third-order valence-corrected chi connectivity index (χ3v) is 5.49. The van der Waals surface area contributed by atoms with Gasteiger partial charge in [-0.25, -0.2) is 9.97 Å². The molecule has 4 nitrogen and oxygen atoms in total. The molecule has 0 bridgehead atoms. The van der Waals surface area contributed by atoms with Crippen molar-refractivity contribution in [2.24, 2.45) is 0 Å². The van der Waals surface area contributed by atoms with E-state index >= 15 is 0 Å². The molecule has 3 aromatic heterocycles. The van der Waals surface area contributed by atoms with Gasteiger partial charge in [0.2, 0.25) is 0 Å². The third-order valence-electron chi connectivity index (χ3n) is 2.96. The summed E-state index contributed by atoms with van der Waals surface area (Å²) < 4.78 is 0. The van der Waals surface area contributed by atoms with Crippen molar-refractivity contribution in [2.45, 2.75) is 30.7 Å². The minimum Gasteiger partial charge on any atom is -0.301 e. The van der Waals surface area contributed by atoms with E-state index in [0.29, 0.717) is 10.9 Å². The molecular weight excluding hydrogens is 334 g/mol. The zero-order chi connectivity index (χ0) is 15.4. The van der Waals surface area contributed by atoms with E-state index in [9.17, 15) is 4.79 Å². The zero-order valence-corrected chi connectivity index (χ0v) is 14.5. The second-order valence-corrected chi connectivity index (χ2v) is 7.34. The van der Waals surface area contributed by atoms with E-state index in [0.717, 1.165) is 29.2 Å². The van der Waals surface area contributed by atoms with Gasteiger partial charge in [0.05, 0.1) is 5.69 Å². The summed E-state index contributed by atoms with van der Waals surface area (Å²) in [6.07, 6.45) is 1.81. The molecule has 0 fully saturated rings. The van der Waals surface area contributed by atoms with Gasteiger partial charge in [0.1, 0.15) is 5.01 Å². The highest BCUT2D eigenvalue weighted by atomic mass is 32.2. The smallest absolute Gasteiger partial charge is 0.251 e. The van der Waals surface area contributed by atoms with Gasteiger partial charge in [-0.2, -0.15) is 11.3 Å². The van der Waals surface area contributed by atoms with Crippen LogP contribution in [0.4, 0.5) is 0 Å². The summed E-state index contributed by atoms with van der Waals surface area (Å²) in [5.41, 5.74) is 2.95. The second-order valence-electron chi connectivity index (χ2n) is 4.74. The molecule has 0 saturated carbocycles. The summed E-state index contributed by atoms with van der Waals surface area (Å²) in [6.45, 7) is 2.08. The van der Waals surface area contributed by atoms with Gasteiger partial charge in [0, 0.05) is 33.8 Å². The van der Waals surface area contributed by atoms with Crippen molar-refractivity contribution in [2.75, 3.05) is 0 Å². The molecule has 3 rings (SSSR count). The van der Waals surface area contributed by atoms with Gasteiger partial charge >= 0.3 is 0 Å². The Hall–Kier alpha value is -1.44. The highest BCUT2D eigenvalue weighted by molar-refractivity contribution is 7.98. The van der Waals surface area contributed by atoms with Crippen LogP contribution in [0.15, 0.2) is 38.2 Å². The maximum absolute atomic E-state index is 11.6. The van der Waals surface area contributed by atoms with Crippen molar-refractivity contribution in [1.82, 2.24) is 15.0 Å². The van der Waals surface area contributed by atoms with Gasteiger partial charge in [-0.1, -0.05) is 25.1 Å². The van der Waals surface area contributed by atoms with Gasteiger partial charge in [-0.3, -0.25) is 4.79 Å².